The third-order valence-corrected chi connectivity index (χ3v) is 7.07. The summed E-state index contributed by atoms with van der Waals surface area (Å²) in [7, 11) is 3.23. The summed E-state index contributed by atoms with van der Waals surface area (Å²) in [5, 5.41) is 12.8. The molecule has 33 heavy (non-hydrogen) atoms. The largest absolute Gasteiger partial charge is 0.493 e. The lowest BCUT2D eigenvalue weighted by Crippen LogP contribution is -2.33. The van der Waals surface area contributed by atoms with Crippen LogP contribution in [0.1, 0.15) is 36.8 Å². The number of ether oxygens (including phenoxy) is 2. The highest BCUT2D eigenvalue weighted by Crippen LogP contribution is 2.35. The molecule has 1 N–H and O–H groups in total. The summed E-state index contributed by atoms with van der Waals surface area (Å²) in [5.41, 5.74) is 4.15. The van der Waals surface area contributed by atoms with Crippen LogP contribution in [0.15, 0.2) is 41.6 Å². The third-order valence-electron chi connectivity index (χ3n) is 6.14. The molecule has 174 valence electrons. The monoisotopic (exact) mass is 466 g/mol. The van der Waals surface area contributed by atoms with Gasteiger partial charge in [-0.15, -0.1) is 10.2 Å². The molecule has 7 nitrogen and oxygen atoms in total. The van der Waals surface area contributed by atoms with Crippen LogP contribution in [-0.4, -0.2) is 46.7 Å². The van der Waals surface area contributed by atoms with E-state index in [4.69, 9.17) is 9.47 Å². The molecule has 1 heterocycles. The summed E-state index contributed by atoms with van der Waals surface area (Å²) in [6, 6.07) is 12.2. The Morgan fingerprint density at radius 3 is 2.58 bits per heavy atom. The topological polar surface area (TPSA) is 78.3 Å². The minimum absolute atomic E-state index is 0.0371. The first-order valence-corrected chi connectivity index (χ1v) is 12.2. The van der Waals surface area contributed by atoms with Crippen LogP contribution < -0.4 is 14.8 Å². The van der Waals surface area contributed by atoms with Crippen molar-refractivity contribution in [1.82, 2.24) is 20.1 Å². The van der Waals surface area contributed by atoms with Crippen molar-refractivity contribution in [2.24, 2.45) is 0 Å². The number of hydrogen-bond donors (Lipinski definition) is 1. The van der Waals surface area contributed by atoms with E-state index in [0.717, 1.165) is 29.7 Å². The molecule has 0 aliphatic heterocycles. The molecule has 1 aromatic heterocycles. The molecule has 4 rings (SSSR count). The van der Waals surface area contributed by atoms with Crippen LogP contribution in [-0.2, 0) is 4.79 Å². The smallest absolute Gasteiger partial charge is 0.230 e. The van der Waals surface area contributed by atoms with E-state index in [2.05, 4.69) is 41.5 Å². The second-order valence-electron chi connectivity index (χ2n) is 8.27. The number of nitrogens with zero attached hydrogens (tertiary/aromatic N) is 3. The molecule has 1 aliphatic carbocycles. The fourth-order valence-electron chi connectivity index (χ4n) is 4.19. The Bertz CT molecular complexity index is 1140. The number of aryl methyl sites for hydroxylation is 1. The van der Waals surface area contributed by atoms with Crippen LogP contribution in [0.5, 0.6) is 11.5 Å². The quantitative estimate of drug-likeness (QED) is 0.484. The molecule has 1 fully saturated rings. The fraction of sp³-hybridized carbons (Fsp3) is 0.400. The number of carbonyl (C=O) groups is 1. The summed E-state index contributed by atoms with van der Waals surface area (Å²) in [6.45, 7) is 4.17. The maximum atomic E-state index is 12.6. The minimum Gasteiger partial charge on any atom is -0.493 e. The van der Waals surface area contributed by atoms with E-state index in [9.17, 15) is 4.79 Å². The highest BCUT2D eigenvalue weighted by Gasteiger charge is 2.22. The van der Waals surface area contributed by atoms with Gasteiger partial charge in [0.2, 0.25) is 5.91 Å². The Balaban J connectivity index is 1.69. The summed E-state index contributed by atoms with van der Waals surface area (Å²) in [5.74, 6) is 2.29. The molecular weight excluding hydrogens is 436 g/mol. The Hall–Kier alpha value is -3.00. The van der Waals surface area contributed by atoms with E-state index in [-0.39, 0.29) is 5.91 Å². The second-order valence-corrected chi connectivity index (χ2v) is 9.21. The van der Waals surface area contributed by atoms with Crippen molar-refractivity contribution in [3.8, 4) is 28.6 Å². The standard InChI is InChI=1S/C25H30N4O3S/c1-16-8-7-11-20(17(16)2)29-24(18-12-13-21(31-3)22(14-18)32-4)27-28-25(29)33-15-23(30)26-19-9-5-6-10-19/h7-8,11-14,19H,5-6,9-10,15H2,1-4H3,(H,26,30). The van der Waals surface area contributed by atoms with Gasteiger partial charge >= 0.3 is 0 Å². The Morgan fingerprint density at radius 1 is 1.09 bits per heavy atom. The zero-order valence-corrected chi connectivity index (χ0v) is 20.4. The fourth-order valence-corrected chi connectivity index (χ4v) is 4.95. The molecule has 0 spiro atoms. The predicted molar refractivity (Wildman–Crippen MR) is 130 cm³/mol. The molecular formula is C25H30N4O3S. The van der Waals surface area contributed by atoms with Gasteiger partial charge in [0.05, 0.1) is 25.7 Å². The summed E-state index contributed by atoms with van der Waals surface area (Å²) in [6.07, 6.45) is 4.51. The van der Waals surface area contributed by atoms with Gasteiger partial charge in [0, 0.05) is 11.6 Å². The van der Waals surface area contributed by atoms with E-state index in [1.165, 1.54) is 30.2 Å². The lowest BCUT2D eigenvalue weighted by atomic mass is 10.1. The molecule has 3 aromatic rings. The first-order chi connectivity index (χ1) is 16.0. The number of amides is 1. The molecule has 0 saturated heterocycles. The Labute approximate surface area is 198 Å². The van der Waals surface area contributed by atoms with Gasteiger partial charge in [-0.25, -0.2) is 0 Å². The zero-order chi connectivity index (χ0) is 23.4. The van der Waals surface area contributed by atoms with Gasteiger partial charge in [0.15, 0.2) is 22.5 Å². The normalized spacial score (nSPS) is 13.8. The lowest BCUT2D eigenvalue weighted by Gasteiger charge is -2.16. The number of benzene rings is 2. The molecule has 8 heteroatoms. The van der Waals surface area contributed by atoms with Gasteiger partial charge in [-0.3, -0.25) is 9.36 Å². The zero-order valence-electron chi connectivity index (χ0n) is 19.6. The van der Waals surface area contributed by atoms with Crippen LogP contribution in [0.3, 0.4) is 0 Å². The minimum atomic E-state index is 0.0371. The molecule has 0 atom stereocenters. The number of carbonyl (C=O) groups excluding carboxylic acids is 1. The number of methoxy groups -OCH3 is 2. The summed E-state index contributed by atoms with van der Waals surface area (Å²) in [4.78, 5) is 12.6. The highest BCUT2D eigenvalue weighted by molar-refractivity contribution is 7.99. The van der Waals surface area contributed by atoms with Crippen LogP contribution in [0, 0.1) is 13.8 Å². The van der Waals surface area contributed by atoms with Crippen LogP contribution >= 0.6 is 11.8 Å². The van der Waals surface area contributed by atoms with E-state index in [1.54, 1.807) is 14.2 Å². The first-order valence-electron chi connectivity index (χ1n) is 11.2. The maximum absolute atomic E-state index is 12.6. The van der Waals surface area contributed by atoms with Crippen molar-refractivity contribution in [1.29, 1.82) is 0 Å². The van der Waals surface area contributed by atoms with Gasteiger partial charge in [-0.1, -0.05) is 36.7 Å². The van der Waals surface area contributed by atoms with Crippen molar-refractivity contribution in [3.63, 3.8) is 0 Å². The third kappa shape index (κ3) is 5.00. The highest BCUT2D eigenvalue weighted by atomic mass is 32.2. The van der Waals surface area contributed by atoms with Gasteiger partial charge in [0.1, 0.15) is 0 Å². The van der Waals surface area contributed by atoms with Gasteiger partial charge in [-0.2, -0.15) is 0 Å². The van der Waals surface area contributed by atoms with Crippen molar-refractivity contribution in [2.45, 2.75) is 50.7 Å². The first kappa shape index (κ1) is 23.2. The van der Waals surface area contributed by atoms with Gasteiger partial charge in [-0.05, 0) is 62.1 Å². The van der Waals surface area contributed by atoms with Crippen LogP contribution in [0.25, 0.3) is 17.1 Å². The van der Waals surface area contributed by atoms with Gasteiger partial charge in [0.25, 0.3) is 0 Å². The number of thioether (sulfide) groups is 1. The number of nitrogens with one attached hydrogen (secondary N) is 1. The van der Waals surface area contributed by atoms with Crippen LogP contribution in [0.2, 0.25) is 0 Å². The van der Waals surface area contributed by atoms with E-state index in [1.807, 2.05) is 28.8 Å². The van der Waals surface area contributed by atoms with Crippen LogP contribution in [0.4, 0.5) is 0 Å². The molecule has 0 bridgehead atoms. The van der Waals surface area contributed by atoms with Crippen molar-refractivity contribution in [3.05, 3.63) is 47.5 Å². The molecule has 2 aromatic carbocycles. The maximum Gasteiger partial charge on any atom is 0.230 e. The number of rotatable bonds is 8. The van der Waals surface area contributed by atoms with E-state index in [0.29, 0.717) is 34.3 Å². The van der Waals surface area contributed by atoms with E-state index >= 15 is 0 Å². The van der Waals surface area contributed by atoms with Crippen molar-refractivity contribution < 1.29 is 14.3 Å². The number of hydrogen-bond acceptors (Lipinski definition) is 6. The number of aromatic nitrogens is 3. The average Bonchev–Trinajstić information content (AvgIpc) is 3.49. The SMILES string of the molecule is COc1ccc(-c2nnc(SCC(=O)NC3CCCC3)n2-c2cccc(C)c2C)cc1OC. The lowest BCUT2D eigenvalue weighted by molar-refractivity contribution is -0.119. The van der Waals surface area contributed by atoms with E-state index < -0.39 is 0 Å². The van der Waals surface area contributed by atoms with Gasteiger partial charge < -0.3 is 14.8 Å². The van der Waals surface area contributed by atoms with Crippen molar-refractivity contribution >= 4 is 17.7 Å². The Morgan fingerprint density at radius 2 is 1.85 bits per heavy atom. The molecule has 1 amide bonds. The van der Waals surface area contributed by atoms with Crippen molar-refractivity contribution in [2.75, 3.05) is 20.0 Å². The Kier molecular flexibility index (Phi) is 7.23. The second kappa shape index (κ2) is 10.3. The molecule has 0 unspecified atom stereocenters. The average molecular weight is 467 g/mol. The summed E-state index contributed by atoms with van der Waals surface area (Å²) < 4.78 is 12.9. The predicted octanol–water partition coefficient (Wildman–Crippen LogP) is 4.72. The molecule has 1 saturated carbocycles. The molecule has 0 radical (unpaired) electrons. The molecule has 1 aliphatic rings. The summed E-state index contributed by atoms with van der Waals surface area (Å²) >= 11 is 1.40.